The molecule has 0 N–H and O–H groups in total. The minimum absolute atomic E-state index is 0.0364. The molecule has 0 aliphatic carbocycles. The summed E-state index contributed by atoms with van der Waals surface area (Å²) < 4.78 is 16.5. The Kier molecular flexibility index (Phi) is 10.3. The summed E-state index contributed by atoms with van der Waals surface area (Å²) in [5, 5.41) is 0. The van der Waals surface area contributed by atoms with Gasteiger partial charge in [-0.05, 0) is 73.4 Å². The fourth-order valence-electron chi connectivity index (χ4n) is 3.27. The van der Waals surface area contributed by atoms with Crippen LogP contribution in [0, 0.1) is 15.4 Å². The number of halogens is 1. The minimum atomic E-state index is -0.909. The second-order valence-corrected chi connectivity index (χ2v) is 10.1. The lowest BCUT2D eigenvalue weighted by molar-refractivity contribution is -0.148. The number of ether oxygens (including phenoxy) is 3. The van der Waals surface area contributed by atoms with Gasteiger partial charge in [-0.2, -0.15) is 0 Å². The Hall–Kier alpha value is -1.84. The van der Waals surface area contributed by atoms with Crippen molar-refractivity contribution in [3.8, 4) is 5.75 Å². The van der Waals surface area contributed by atoms with Crippen LogP contribution in [0.5, 0.6) is 5.75 Å². The van der Waals surface area contributed by atoms with Crippen molar-refractivity contribution in [3.05, 3.63) is 27.3 Å². The molecule has 0 spiro atoms. The first-order valence-electron chi connectivity index (χ1n) is 10.2. The molecule has 8 heteroatoms. The summed E-state index contributed by atoms with van der Waals surface area (Å²) in [5.41, 5.74) is -0.0869. The molecule has 0 aliphatic heterocycles. The standard InChI is InChI=1S/C23H34INO6/c1-14(2)11-16(21(27)30-8)13-18(26)20(25(6)22(28)31-23(3,4)5)15-9-10-19(29-7)17(24)12-15/h9-10,12,14,16,20H,11,13H2,1-8H3/t16-,20+/m1/s1. The summed E-state index contributed by atoms with van der Waals surface area (Å²) in [6.45, 7) is 9.26. The molecule has 0 radical (unpaired) electrons. The zero-order valence-corrected chi connectivity index (χ0v) is 21.8. The molecular formula is C23H34INO6. The molecule has 0 saturated heterocycles. The molecule has 31 heavy (non-hydrogen) atoms. The lowest BCUT2D eigenvalue weighted by Gasteiger charge is -2.31. The van der Waals surface area contributed by atoms with Crippen LogP contribution in [-0.2, 0) is 19.1 Å². The number of hydrogen-bond donors (Lipinski definition) is 0. The second kappa shape index (κ2) is 11.7. The number of carbonyl (C=O) groups excluding carboxylic acids is 3. The monoisotopic (exact) mass is 547 g/mol. The Morgan fingerprint density at radius 1 is 1.13 bits per heavy atom. The summed E-state index contributed by atoms with van der Waals surface area (Å²) in [6.07, 6.45) is -0.137. The predicted molar refractivity (Wildman–Crippen MR) is 127 cm³/mol. The molecule has 0 bridgehead atoms. The van der Waals surface area contributed by atoms with Crippen LogP contribution >= 0.6 is 22.6 Å². The van der Waals surface area contributed by atoms with Gasteiger partial charge >= 0.3 is 12.1 Å². The maximum Gasteiger partial charge on any atom is 0.410 e. The zero-order chi connectivity index (χ0) is 23.9. The molecule has 2 atom stereocenters. The summed E-state index contributed by atoms with van der Waals surface area (Å²) >= 11 is 2.12. The summed E-state index contributed by atoms with van der Waals surface area (Å²) in [4.78, 5) is 39.8. The average molecular weight is 547 g/mol. The molecule has 0 heterocycles. The van der Waals surface area contributed by atoms with Gasteiger partial charge in [-0.3, -0.25) is 14.5 Å². The topological polar surface area (TPSA) is 82.1 Å². The molecule has 1 aromatic rings. The van der Waals surface area contributed by atoms with E-state index in [9.17, 15) is 14.4 Å². The van der Waals surface area contributed by atoms with Crippen molar-refractivity contribution in [2.45, 2.75) is 59.1 Å². The van der Waals surface area contributed by atoms with Gasteiger partial charge in [-0.25, -0.2) is 4.79 Å². The van der Waals surface area contributed by atoms with Gasteiger partial charge in [-0.15, -0.1) is 0 Å². The molecule has 174 valence electrons. The lowest BCUT2D eigenvalue weighted by Crippen LogP contribution is -2.40. The number of rotatable bonds is 9. The predicted octanol–water partition coefficient (Wildman–Crippen LogP) is 5.00. The molecular weight excluding hydrogens is 513 g/mol. The maximum atomic E-state index is 13.4. The minimum Gasteiger partial charge on any atom is -0.496 e. The number of ketones is 1. The average Bonchev–Trinajstić information content (AvgIpc) is 2.65. The van der Waals surface area contributed by atoms with Crippen LogP contribution in [0.3, 0.4) is 0 Å². The Bertz CT molecular complexity index is 787. The Labute approximate surface area is 198 Å². The van der Waals surface area contributed by atoms with Gasteiger partial charge in [0.2, 0.25) is 0 Å². The van der Waals surface area contributed by atoms with Crippen molar-refractivity contribution in [1.29, 1.82) is 0 Å². The SMILES string of the molecule is COC(=O)[C@@H](CC(=O)[C@H](c1ccc(OC)c(I)c1)N(C)C(=O)OC(C)(C)C)CC(C)C. The second-order valence-electron chi connectivity index (χ2n) is 8.91. The third kappa shape index (κ3) is 8.31. The lowest BCUT2D eigenvalue weighted by atomic mass is 9.88. The largest absolute Gasteiger partial charge is 0.496 e. The van der Waals surface area contributed by atoms with Gasteiger partial charge in [0, 0.05) is 13.5 Å². The highest BCUT2D eigenvalue weighted by atomic mass is 127. The quantitative estimate of drug-likeness (QED) is 0.320. The van der Waals surface area contributed by atoms with Crippen LogP contribution < -0.4 is 4.74 Å². The van der Waals surface area contributed by atoms with Crippen molar-refractivity contribution in [1.82, 2.24) is 4.90 Å². The van der Waals surface area contributed by atoms with Crippen LogP contribution in [0.15, 0.2) is 18.2 Å². The molecule has 0 unspecified atom stereocenters. The number of nitrogens with zero attached hydrogens (tertiary/aromatic N) is 1. The molecule has 0 saturated carbocycles. The van der Waals surface area contributed by atoms with Gasteiger partial charge in [0.25, 0.3) is 0 Å². The van der Waals surface area contributed by atoms with E-state index in [4.69, 9.17) is 14.2 Å². The van der Waals surface area contributed by atoms with E-state index in [1.54, 1.807) is 46.1 Å². The fourth-order valence-corrected chi connectivity index (χ4v) is 4.03. The van der Waals surface area contributed by atoms with Gasteiger partial charge in [-0.1, -0.05) is 19.9 Å². The molecule has 0 fully saturated rings. The molecule has 1 amide bonds. The zero-order valence-electron chi connectivity index (χ0n) is 19.7. The molecule has 0 aromatic heterocycles. The molecule has 1 rings (SSSR count). The molecule has 1 aromatic carbocycles. The highest BCUT2D eigenvalue weighted by molar-refractivity contribution is 14.1. The highest BCUT2D eigenvalue weighted by Gasteiger charge is 2.35. The van der Waals surface area contributed by atoms with E-state index >= 15 is 0 Å². The van der Waals surface area contributed by atoms with E-state index in [1.807, 2.05) is 13.8 Å². The van der Waals surface area contributed by atoms with E-state index in [-0.39, 0.29) is 18.1 Å². The van der Waals surface area contributed by atoms with E-state index in [0.29, 0.717) is 17.7 Å². The van der Waals surface area contributed by atoms with Gasteiger partial charge in [0.1, 0.15) is 17.4 Å². The number of Topliss-reactive ketones (excluding diaryl/α,β-unsaturated/α-hetero) is 1. The van der Waals surface area contributed by atoms with Gasteiger partial charge in [0.05, 0.1) is 23.7 Å². The van der Waals surface area contributed by atoms with E-state index < -0.39 is 29.6 Å². The van der Waals surface area contributed by atoms with E-state index in [0.717, 1.165) is 3.57 Å². The third-order valence-electron chi connectivity index (χ3n) is 4.60. The van der Waals surface area contributed by atoms with Crippen molar-refractivity contribution >= 4 is 40.4 Å². The van der Waals surface area contributed by atoms with Gasteiger partial charge < -0.3 is 14.2 Å². The van der Waals surface area contributed by atoms with Gasteiger partial charge in [0.15, 0.2) is 5.78 Å². The smallest absolute Gasteiger partial charge is 0.410 e. The number of methoxy groups -OCH3 is 2. The Balaban J connectivity index is 3.34. The fraction of sp³-hybridized carbons (Fsp3) is 0.609. The van der Waals surface area contributed by atoms with Crippen LogP contribution in [0.25, 0.3) is 0 Å². The Morgan fingerprint density at radius 3 is 2.19 bits per heavy atom. The van der Waals surface area contributed by atoms with Crippen LogP contribution in [-0.4, -0.2) is 49.6 Å². The van der Waals surface area contributed by atoms with Crippen molar-refractivity contribution in [3.63, 3.8) is 0 Å². The van der Waals surface area contributed by atoms with Crippen molar-refractivity contribution in [2.24, 2.45) is 11.8 Å². The van der Waals surface area contributed by atoms with Crippen LogP contribution in [0.1, 0.15) is 59.1 Å². The van der Waals surface area contributed by atoms with Crippen molar-refractivity contribution < 1.29 is 28.6 Å². The van der Waals surface area contributed by atoms with Crippen LogP contribution in [0.2, 0.25) is 0 Å². The molecule has 0 aliphatic rings. The number of carbonyl (C=O) groups is 3. The van der Waals surface area contributed by atoms with Crippen LogP contribution in [0.4, 0.5) is 4.79 Å². The first-order valence-corrected chi connectivity index (χ1v) is 11.3. The Morgan fingerprint density at radius 2 is 1.74 bits per heavy atom. The van der Waals surface area contributed by atoms with Crippen molar-refractivity contribution in [2.75, 3.05) is 21.3 Å². The first kappa shape index (κ1) is 27.2. The van der Waals surface area contributed by atoms with E-state index in [2.05, 4.69) is 22.6 Å². The summed E-state index contributed by atoms with van der Waals surface area (Å²) in [7, 11) is 4.42. The summed E-state index contributed by atoms with van der Waals surface area (Å²) in [5.74, 6) is -0.386. The maximum absolute atomic E-state index is 13.4. The number of hydrogen-bond acceptors (Lipinski definition) is 6. The van der Waals surface area contributed by atoms with E-state index in [1.165, 1.54) is 19.1 Å². The molecule has 7 nitrogen and oxygen atoms in total. The normalized spacial score (nSPS) is 13.4. The number of likely N-dealkylation sites (N-methyl/N-ethyl adjacent to an activating group) is 1. The third-order valence-corrected chi connectivity index (χ3v) is 5.45. The number of esters is 1. The summed E-state index contributed by atoms with van der Waals surface area (Å²) in [6, 6.07) is 4.40. The number of benzene rings is 1. The highest BCUT2D eigenvalue weighted by Crippen LogP contribution is 2.31. The first-order chi connectivity index (χ1) is 14.3. The number of amides is 1.